The van der Waals surface area contributed by atoms with Crippen molar-refractivity contribution in [1.82, 2.24) is 4.98 Å². The highest BCUT2D eigenvalue weighted by molar-refractivity contribution is 7.16. The van der Waals surface area contributed by atoms with Crippen molar-refractivity contribution in [3.8, 4) is 10.6 Å². The Morgan fingerprint density at radius 3 is 2.81 bits per heavy atom. The topological polar surface area (TPSA) is 38.9 Å². The molecule has 1 atom stereocenters. The van der Waals surface area contributed by atoms with Crippen LogP contribution in [0.1, 0.15) is 36.2 Å². The van der Waals surface area contributed by atoms with E-state index >= 15 is 0 Å². The van der Waals surface area contributed by atoms with E-state index in [2.05, 4.69) is 36.3 Å². The van der Waals surface area contributed by atoms with Crippen LogP contribution in [0.15, 0.2) is 17.5 Å². The van der Waals surface area contributed by atoms with Gasteiger partial charge in [-0.25, -0.2) is 4.98 Å². The average molecular weight is 252 g/mol. The predicted octanol–water partition coefficient (Wildman–Crippen LogP) is 3.84. The molecule has 0 bridgehead atoms. The first-order chi connectivity index (χ1) is 7.74. The number of thiazole rings is 1. The lowest BCUT2D eigenvalue weighted by Gasteiger charge is -2.02. The maximum atomic E-state index is 5.97. The number of hydrogen-bond donors (Lipinski definition) is 1. The summed E-state index contributed by atoms with van der Waals surface area (Å²) in [6.07, 6.45) is 2.04. The molecule has 1 unspecified atom stereocenters. The third-order valence-electron chi connectivity index (χ3n) is 2.54. The van der Waals surface area contributed by atoms with E-state index in [9.17, 15) is 0 Å². The van der Waals surface area contributed by atoms with Crippen molar-refractivity contribution in [3.63, 3.8) is 0 Å². The third-order valence-corrected chi connectivity index (χ3v) is 4.77. The van der Waals surface area contributed by atoms with Gasteiger partial charge in [-0.15, -0.1) is 22.7 Å². The summed E-state index contributed by atoms with van der Waals surface area (Å²) in [6.45, 7) is 4.27. The van der Waals surface area contributed by atoms with E-state index in [-0.39, 0.29) is 6.04 Å². The Morgan fingerprint density at radius 2 is 2.19 bits per heavy atom. The molecule has 2 nitrogen and oxygen atoms in total. The zero-order valence-electron chi connectivity index (χ0n) is 9.56. The van der Waals surface area contributed by atoms with E-state index in [0.717, 1.165) is 23.5 Å². The second kappa shape index (κ2) is 5.08. The van der Waals surface area contributed by atoms with Crippen molar-refractivity contribution < 1.29 is 0 Å². The number of nitrogens with zero attached hydrogens (tertiary/aromatic N) is 1. The van der Waals surface area contributed by atoms with Crippen LogP contribution in [-0.2, 0) is 6.42 Å². The van der Waals surface area contributed by atoms with Crippen LogP contribution in [0.4, 0.5) is 0 Å². The van der Waals surface area contributed by atoms with Crippen LogP contribution in [0.2, 0.25) is 0 Å². The quantitative estimate of drug-likeness (QED) is 0.897. The Kier molecular flexibility index (Phi) is 3.74. The predicted molar refractivity (Wildman–Crippen MR) is 72.0 cm³/mol. The van der Waals surface area contributed by atoms with Crippen LogP contribution >= 0.6 is 22.7 Å². The van der Waals surface area contributed by atoms with Crippen molar-refractivity contribution in [1.29, 1.82) is 0 Å². The maximum absolute atomic E-state index is 5.97. The van der Waals surface area contributed by atoms with Crippen LogP contribution < -0.4 is 5.73 Å². The third kappa shape index (κ3) is 2.34. The molecule has 0 aromatic carbocycles. The number of nitrogens with two attached hydrogens (primary N) is 1. The molecule has 0 saturated heterocycles. The lowest BCUT2D eigenvalue weighted by molar-refractivity contribution is 0.693. The summed E-state index contributed by atoms with van der Waals surface area (Å²) >= 11 is 3.49. The summed E-state index contributed by atoms with van der Waals surface area (Å²) < 4.78 is 0. The van der Waals surface area contributed by atoms with E-state index < -0.39 is 0 Å². The van der Waals surface area contributed by atoms with E-state index in [0.29, 0.717) is 0 Å². The van der Waals surface area contributed by atoms with Gasteiger partial charge in [0.1, 0.15) is 5.01 Å². The Hall–Kier alpha value is -0.710. The standard InChI is InChI=1S/C12H16N2S2/c1-3-8-5-6-11(16-8)10-7-15-12(14-10)9(13)4-2/h5-7,9H,3-4,13H2,1-2H3. The number of rotatable bonds is 4. The van der Waals surface area contributed by atoms with E-state index in [1.165, 1.54) is 9.75 Å². The Labute approximate surface area is 104 Å². The largest absolute Gasteiger partial charge is 0.322 e. The van der Waals surface area contributed by atoms with Crippen LogP contribution in [0.3, 0.4) is 0 Å². The van der Waals surface area contributed by atoms with Gasteiger partial charge in [-0.2, -0.15) is 0 Å². The molecular weight excluding hydrogens is 236 g/mol. The van der Waals surface area contributed by atoms with Crippen molar-refractivity contribution in [3.05, 3.63) is 27.4 Å². The number of aromatic nitrogens is 1. The van der Waals surface area contributed by atoms with Crippen LogP contribution in [0, 0.1) is 0 Å². The second-order valence-electron chi connectivity index (χ2n) is 3.71. The molecule has 2 rings (SSSR count). The molecule has 4 heteroatoms. The Morgan fingerprint density at radius 1 is 1.38 bits per heavy atom. The minimum absolute atomic E-state index is 0.0874. The Balaban J connectivity index is 2.24. The van der Waals surface area contributed by atoms with Gasteiger partial charge in [-0.3, -0.25) is 0 Å². The monoisotopic (exact) mass is 252 g/mol. The molecule has 0 aliphatic rings. The highest BCUT2D eigenvalue weighted by Gasteiger charge is 2.11. The maximum Gasteiger partial charge on any atom is 0.110 e. The second-order valence-corrected chi connectivity index (χ2v) is 5.76. The number of thiophene rings is 1. The normalized spacial score (nSPS) is 12.9. The fourth-order valence-electron chi connectivity index (χ4n) is 1.45. The molecule has 0 spiro atoms. The smallest absolute Gasteiger partial charge is 0.110 e. The van der Waals surface area contributed by atoms with Gasteiger partial charge in [0.2, 0.25) is 0 Å². The molecule has 16 heavy (non-hydrogen) atoms. The molecule has 86 valence electrons. The highest BCUT2D eigenvalue weighted by Crippen LogP contribution is 2.31. The molecule has 0 fully saturated rings. The molecule has 2 heterocycles. The lowest BCUT2D eigenvalue weighted by Crippen LogP contribution is -2.07. The number of aryl methyl sites for hydroxylation is 1. The molecule has 0 aliphatic heterocycles. The molecule has 0 aliphatic carbocycles. The summed E-state index contributed by atoms with van der Waals surface area (Å²) in [7, 11) is 0. The van der Waals surface area contributed by atoms with Crippen LogP contribution in [0.5, 0.6) is 0 Å². The molecular formula is C12H16N2S2. The summed E-state index contributed by atoms with van der Waals surface area (Å²) in [4.78, 5) is 7.26. The van der Waals surface area contributed by atoms with Gasteiger partial charge in [0, 0.05) is 10.3 Å². The molecule has 0 radical (unpaired) electrons. The van der Waals surface area contributed by atoms with Crippen LogP contribution in [-0.4, -0.2) is 4.98 Å². The first-order valence-corrected chi connectivity index (χ1v) is 7.24. The SMILES string of the molecule is CCc1ccc(-c2csc(C(N)CC)n2)s1. The molecule has 2 aromatic heterocycles. The van der Waals surface area contributed by atoms with Gasteiger partial charge in [-0.05, 0) is 25.0 Å². The van der Waals surface area contributed by atoms with Crippen molar-refractivity contribution in [2.45, 2.75) is 32.7 Å². The summed E-state index contributed by atoms with van der Waals surface area (Å²) in [6, 6.07) is 4.42. The van der Waals surface area contributed by atoms with E-state index in [1.807, 2.05) is 11.3 Å². The van der Waals surface area contributed by atoms with Gasteiger partial charge in [0.05, 0.1) is 16.6 Å². The average Bonchev–Trinajstić information content (AvgIpc) is 2.95. The molecule has 0 saturated carbocycles. The van der Waals surface area contributed by atoms with Gasteiger partial charge in [0.25, 0.3) is 0 Å². The summed E-state index contributed by atoms with van der Waals surface area (Å²) in [5, 5.41) is 3.15. The first-order valence-electron chi connectivity index (χ1n) is 5.54. The number of hydrogen-bond acceptors (Lipinski definition) is 4. The Bertz CT molecular complexity index is 459. The summed E-state index contributed by atoms with van der Waals surface area (Å²) in [5.74, 6) is 0. The van der Waals surface area contributed by atoms with Crippen LogP contribution in [0.25, 0.3) is 10.6 Å². The first kappa shape index (κ1) is 11.8. The van der Waals surface area contributed by atoms with Gasteiger partial charge in [-0.1, -0.05) is 13.8 Å². The minimum atomic E-state index is 0.0874. The van der Waals surface area contributed by atoms with Gasteiger partial charge >= 0.3 is 0 Å². The fourth-order valence-corrected chi connectivity index (χ4v) is 3.34. The molecule has 0 amide bonds. The summed E-state index contributed by atoms with van der Waals surface area (Å²) in [5.41, 5.74) is 7.05. The zero-order valence-corrected chi connectivity index (χ0v) is 11.2. The lowest BCUT2D eigenvalue weighted by atomic mass is 10.2. The minimum Gasteiger partial charge on any atom is -0.322 e. The zero-order chi connectivity index (χ0) is 11.5. The van der Waals surface area contributed by atoms with Gasteiger partial charge in [0.15, 0.2) is 0 Å². The molecule has 2 aromatic rings. The van der Waals surface area contributed by atoms with E-state index in [4.69, 9.17) is 5.73 Å². The van der Waals surface area contributed by atoms with Gasteiger partial charge < -0.3 is 5.73 Å². The van der Waals surface area contributed by atoms with Crippen molar-refractivity contribution >= 4 is 22.7 Å². The molecule has 2 N–H and O–H groups in total. The fraction of sp³-hybridized carbons (Fsp3) is 0.417. The van der Waals surface area contributed by atoms with Crippen molar-refractivity contribution in [2.24, 2.45) is 5.73 Å². The van der Waals surface area contributed by atoms with Crippen molar-refractivity contribution in [2.75, 3.05) is 0 Å². The van der Waals surface area contributed by atoms with E-state index in [1.54, 1.807) is 11.3 Å². The highest BCUT2D eigenvalue weighted by atomic mass is 32.1.